The van der Waals surface area contributed by atoms with E-state index in [0.29, 0.717) is 22.6 Å². The van der Waals surface area contributed by atoms with E-state index in [4.69, 9.17) is 4.74 Å². The number of phenolic OH excluding ortho intramolecular Hbond substituents is 1. The van der Waals surface area contributed by atoms with E-state index in [0.717, 1.165) is 0 Å². The highest BCUT2D eigenvalue weighted by Gasteiger charge is 2.21. The Balaban J connectivity index is 1.91. The second kappa shape index (κ2) is 5.46. The van der Waals surface area contributed by atoms with Gasteiger partial charge in [0.2, 0.25) is 0 Å². The molecule has 1 heterocycles. The molecule has 1 aliphatic rings. The second-order valence-electron chi connectivity index (χ2n) is 4.73. The summed E-state index contributed by atoms with van der Waals surface area (Å²) in [4.78, 5) is 0. The van der Waals surface area contributed by atoms with Crippen LogP contribution in [-0.4, -0.2) is 12.2 Å². The third kappa shape index (κ3) is 2.55. The van der Waals surface area contributed by atoms with Gasteiger partial charge < -0.3 is 15.3 Å². The molecule has 3 rings (SSSR count). The van der Waals surface area contributed by atoms with Crippen LogP contribution in [0.1, 0.15) is 17.2 Å². The lowest BCUT2D eigenvalue weighted by atomic mass is 10.0. The van der Waals surface area contributed by atoms with E-state index in [-0.39, 0.29) is 17.6 Å². The first kappa shape index (κ1) is 13.5. The van der Waals surface area contributed by atoms with Crippen molar-refractivity contribution in [2.45, 2.75) is 6.04 Å². The Kier molecular flexibility index (Phi) is 3.50. The number of rotatable bonds is 3. The van der Waals surface area contributed by atoms with Crippen LogP contribution in [0.25, 0.3) is 5.70 Å². The smallest absolute Gasteiger partial charge is 0.128 e. The Morgan fingerprint density at radius 3 is 2.71 bits per heavy atom. The van der Waals surface area contributed by atoms with E-state index in [1.807, 2.05) is 6.08 Å². The van der Waals surface area contributed by atoms with Crippen molar-refractivity contribution in [3.63, 3.8) is 0 Å². The first-order valence-electron chi connectivity index (χ1n) is 6.54. The van der Waals surface area contributed by atoms with E-state index < -0.39 is 0 Å². The minimum atomic E-state index is -0.289. The molecule has 108 valence electrons. The zero-order chi connectivity index (χ0) is 14.8. The summed E-state index contributed by atoms with van der Waals surface area (Å²) in [5, 5.41) is 10.0. The number of halogens is 1. The van der Waals surface area contributed by atoms with Gasteiger partial charge in [0.05, 0.1) is 18.8 Å². The molecule has 1 atom stereocenters. The van der Waals surface area contributed by atoms with Crippen LogP contribution in [0.3, 0.4) is 0 Å². The Labute approximate surface area is 121 Å². The maximum atomic E-state index is 13.8. The van der Waals surface area contributed by atoms with Crippen LogP contribution in [0.15, 0.2) is 48.5 Å². The van der Waals surface area contributed by atoms with Gasteiger partial charge >= 0.3 is 0 Å². The van der Waals surface area contributed by atoms with Crippen molar-refractivity contribution in [1.82, 2.24) is 10.9 Å². The molecule has 3 N–H and O–H groups in total. The molecule has 0 aliphatic carbocycles. The summed E-state index contributed by atoms with van der Waals surface area (Å²) in [6.07, 6.45) is 1.83. The van der Waals surface area contributed by atoms with Crippen molar-refractivity contribution >= 4 is 5.70 Å². The first-order valence-corrected chi connectivity index (χ1v) is 6.54. The molecule has 0 amide bonds. The van der Waals surface area contributed by atoms with Gasteiger partial charge in [-0.2, -0.15) is 0 Å². The van der Waals surface area contributed by atoms with Crippen LogP contribution in [0.5, 0.6) is 11.5 Å². The SMILES string of the molecule is COc1ccc(C2=CC(c3ccccc3F)NN2)c(O)c1. The molecule has 5 heteroatoms. The van der Waals surface area contributed by atoms with Crippen LogP contribution in [0.2, 0.25) is 0 Å². The zero-order valence-corrected chi connectivity index (χ0v) is 11.4. The summed E-state index contributed by atoms with van der Waals surface area (Å²) in [5.74, 6) is 0.408. The molecule has 0 bridgehead atoms. The van der Waals surface area contributed by atoms with Gasteiger partial charge in [0, 0.05) is 17.2 Å². The molecule has 0 saturated carbocycles. The third-order valence-corrected chi connectivity index (χ3v) is 3.43. The molecule has 0 spiro atoms. The van der Waals surface area contributed by atoms with Crippen molar-refractivity contribution in [2.75, 3.05) is 7.11 Å². The van der Waals surface area contributed by atoms with Gasteiger partial charge in [0.1, 0.15) is 17.3 Å². The first-order chi connectivity index (χ1) is 10.2. The summed E-state index contributed by atoms with van der Waals surface area (Å²) in [5.41, 5.74) is 7.84. The number of hydrogen-bond acceptors (Lipinski definition) is 4. The Hall–Kier alpha value is -2.53. The monoisotopic (exact) mass is 286 g/mol. The summed E-state index contributed by atoms with van der Waals surface area (Å²) in [6, 6.07) is 11.3. The molecule has 0 fully saturated rings. The number of ether oxygens (including phenoxy) is 1. The molecular formula is C16H15FN2O2. The molecule has 1 unspecified atom stereocenters. The van der Waals surface area contributed by atoms with Gasteiger partial charge in [-0.1, -0.05) is 18.2 Å². The van der Waals surface area contributed by atoms with Crippen molar-refractivity contribution in [1.29, 1.82) is 0 Å². The molecule has 1 aliphatic heterocycles. The third-order valence-electron chi connectivity index (χ3n) is 3.43. The summed E-state index contributed by atoms with van der Waals surface area (Å²) in [6.45, 7) is 0. The standard InChI is InChI=1S/C16H15FN2O2/c1-21-10-6-7-12(16(20)8-10)15-9-14(18-19-15)11-4-2-3-5-13(11)17/h2-9,14,18-20H,1H3. The quantitative estimate of drug-likeness (QED) is 0.812. The summed E-state index contributed by atoms with van der Waals surface area (Å²) >= 11 is 0. The Bertz CT molecular complexity index is 700. The van der Waals surface area contributed by atoms with E-state index in [1.54, 1.807) is 30.3 Å². The van der Waals surface area contributed by atoms with E-state index in [2.05, 4.69) is 10.9 Å². The molecule has 0 aromatic heterocycles. The maximum absolute atomic E-state index is 13.8. The minimum Gasteiger partial charge on any atom is -0.507 e. The van der Waals surface area contributed by atoms with Crippen molar-refractivity contribution in [2.24, 2.45) is 0 Å². The molecular weight excluding hydrogens is 271 g/mol. The minimum absolute atomic E-state index is 0.101. The van der Waals surface area contributed by atoms with Crippen molar-refractivity contribution in [3.05, 3.63) is 65.5 Å². The summed E-state index contributed by atoms with van der Waals surface area (Å²) in [7, 11) is 1.54. The molecule has 4 nitrogen and oxygen atoms in total. The predicted molar refractivity (Wildman–Crippen MR) is 78.0 cm³/mol. The van der Waals surface area contributed by atoms with Gasteiger partial charge in [-0.15, -0.1) is 0 Å². The average Bonchev–Trinajstić information content (AvgIpc) is 2.97. The Morgan fingerprint density at radius 1 is 1.19 bits per heavy atom. The fraction of sp³-hybridized carbons (Fsp3) is 0.125. The number of hydrazine groups is 1. The number of benzene rings is 2. The molecule has 0 radical (unpaired) electrons. The van der Waals surface area contributed by atoms with Gasteiger partial charge in [0.15, 0.2) is 0 Å². The van der Waals surface area contributed by atoms with Gasteiger partial charge in [-0.3, -0.25) is 0 Å². The lowest BCUT2D eigenvalue weighted by Gasteiger charge is -2.10. The number of hydrogen-bond donors (Lipinski definition) is 3. The highest BCUT2D eigenvalue weighted by Crippen LogP contribution is 2.32. The second-order valence-corrected chi connectivity index (χ2v) is 4.73. The average molecular weight is 286 g/mol. The van der Waals surface area contributed by atoms with Crippen LogP contribution in [-0.2, 0) is 0 Å². The fourth-order valence-electron chi connectivity index (χ4n) is 2.32. The van der Waals surface area contributed by atoms with Gasteiger partial charge in [-0.25, -0.2) is 9.82 Å². The topological polar surface area (TPSA) is 53.5 Å². The molecule has 2 aromatic rings. The van der Waals surface area contributed by atoms with Crippen molar-refractivity contribution < 1.29 is 14.2 Å². The van der Waals surface area contributed by atoms with Gasteiger partial charge in [-0.05, 0) is 24.3 Å². The zero-order valence-electron chi connectivity index (χ0n) is 11.4. The van der Waals surface area contributed by atoms with E-state index in [1.165, 1.54) is 19.2 Å². The highest BCUT2D eigenvalue weighted by molar-refractivity contribution is 5.71. The summed E-state index contributed by atoms with van der Waals surface area (Å²) < 4.78 is 18.8. The van der Waals surface area contributed by atoms with E-state index in [9.17, 15) is 9.50 Å². The number of nitrogens with one attached hydrogen (secondary N) is 2. The highest BCUT2D eigenvalue weighted by atomic mass is 19.1. The lowest BCUT2D eigenvalue weighted by Crippen LogP contribution is -2.26. The predicted octanol–water partition coefficient (Wildman–Crippen LogP) is 2.73. The van der Waals surface area contributed by atoms with Crippen LogP contribution < -0.4 is 15.6 Å². The fourth-order valence-corrected chi connectivity index (χ4v) is 2.32. The maximum Gasteiger partial charge on any atom is 0.128 e. The lowest BCUT2D eigenvalue weighted by molar-refractivity contribution is 0.407. The normalized spacial score (nSPS) is 17.2. The van der Waals surface area contributed by atoms with E-state index >= 15 is 0 Å². The largest absolute Gasteiger partial charge is 0.507 e. The molecule has 0 saturated heterocycles. The number of methoxy groups -OCH3 is 1. The van der Waals surface area contributed by atoms with Crippen LogP contribution in [0.4, 0.5) is 4.39 Å². The van der Waals surface area contributed by atoms with Crippen LogP contribution >= 0.6 is 0 Å². The number of aromatic hydroxyl groups is 1. The molecule has 2 aromatic carbocycles. The Morgan fingerprint density at radius 2 is 2.00 bits per heavy atom. The molecule has 21 heavy (non-hydrogen) atoms. The van der Waals surface area contributed by atoms with Crippen LogP contribution in [0, 0.1) is 5.82 Å². The van der Waals surface area contributed by atoms with Crippen molar-refractivity contribution in [3.8, 4) is 11.5 Å². The van der Waals surface area contributed by atoms with Gasteiger partial charge in [0.25, 0.3) is 0 Å². The number of phenols is 1.